The molecule has 0 aliphatic rings. The van der Waals surface area contributed by atoms with E-state index in [9.17, 15) is 14.0 Å². The van der Waals surface area contributed by atoms with Crippen LogP contribution in [0.25, 0.3) is 21.8 Å². The van der Waals surface area contributed by atoms with Crippen molar-refractivity contribution in [3.05, 3.63) is 111 Å². The molecule has 4 aromatic carbocycles. The zero-order chi connectivity index (χ0) is 30.5. The van der Waals surface area contributed by atoms with Crippen molar-refractivity contribution in [2.75, 3.05) is 33.1 Å². The lowest BCUT2D eigenvalue weighted by Gasteiger charge is -2.18. The van der Waals surface area contributed by atoms with Crippen molar-refractivity contribution in [2.24, 2.45) is 0 Å². The minimum absolute atomic E-state index is 0.0425. The zero-order valence-electron chi connectivity index (χ0n) is 24.9. The standard InChI is InChI=1S/C35H36FN3O4/c1-22-18-23(8-7-17-39(2)21-24-14-16-30(42-3)31(19-24)43-4)13-15-29(22)37-32(40)20-25-9-5-10-26-33(25)38-34-27(35(26)41)11-6-12-28(34)36/h5-6,9-16,18-19H,7-8,17,20-21H2,1-4H3,(H,37,40)(H,38,41). The fourth-order valence-corrected chi connectivity index (χ4v) is 5.51. The Morgan fingerprint density at radius 3 is 2.37 bits per heavy atom. The quantitative estimate of drug-likeness (QED) is 0.177. The summed E-state index contributed by atoms with van der Waals surface area (Å²) in [7, 11) is 5.38. The van der Waals surface area contributed by atoms with E-state index in [1.54, 1.807) is 38.5 Å². The predicted octanol–water partition coefficient (Wildman–Crippen LogP) is 6.39. The first-order chi connectivity index (χ1) is 20.8. The molecule has 222 valence electrons. The topological polar surface area (TPSA) is 83.7 Å². The second-order valence-electron chi connectivity index (χ2n) is 10.9. The largest absolute Gasteiger partial charge is 0.493 e. The number of methoxy groups -OCH3 is 2. The van der Waals surface area contributed by atoms with Gasteiger partial charge < -0.3 is 24.7 Å². The number of aromatic amines is 1. The van der Waals surface area contributed by atoms with Gasteiger partial charge in [-0.2, -0.15) is 0 Å². The van der Waals surface area contributed by atoms with Gasteiger partial charge >= 0.3 is 0 Å². The van der Waals surface area contributed by atoms with Crippen molar-refractivity contribution < 1.29 is 18.7 Å². The molecule has 0 aliphatic carbocycles. The van der Waals surface area contributed by atoms with E-state index in [1.165, 1.54) is 17.7 Å². The Balaban J connectivity index is 1.19. The van der Waals surface area contributed by atoms with E-state index in [0.29, 0.717) is 16.5 Å². The van der Waals surface area contributed by atoms with Gasteiger partial charge in [-0.1, -0.05) is 36.4 Å². The van der Waals surface area contributed by atoms with E-state index in [1.807, 2.05) is 31.2 Å². The average molecular weight is 582 g/mol. The SMILES string of the molecule is COc1ccc(CN(C)CCCc2ccc(NC(=O)Cc3cccc4c(=O)c5cccc(F)c5[nH]c34)c(C)c2)cc1OC. The van der Waals surface area contributed by atoms with Gasteiger partial charge in [-0.25, -0.2) is 4.39 Å². The number of halogens is 1. The molecule has 2 N–H and O–H groups in total. The number of anilines is 1. The summed E-state index contributed by atoms with van der Waals surface area (Å²) < 4.78 is 25.2. The van der Waals surface area contributed by atoms with Gasteiger partial charge in [0.05, 0.1) is 31.7 Å². The second kappa shape index (κ2) is 13.1. The summed E-state index contributed by atoms with van der Waals surface area (Å²) in [6.07, 6.45) is 1.95. The third-order valence-corrected chi connectivity index (χ3v) is 7.73. The Kier molecular flexibility index (Phi) is 9.07. The van der Waals surface area contributed by atoms with Crippen LogP contribution in [0.1, 0.15) is 28.7 Å². The van der Waals surface area contributed by atoms with E-state index in [0.717, 1.165) is 54.2 Å². The number of nitrogens with one attached hydrogen (secondary N) is 2. The van der Waals surface area contributed by atoms with Crippen molar-refractivity contribution >= 4 is 33.4 Å². The molecule has 1 aromatic heterocycles. The Hall–Kier alpha value is -4.69. The maximum atomic E-state index is 14.4. The van der Waals surface area contributed by atoms with Crippen LogP contribution in [0.4, 0.5) is 10.1 Å². The first-order valence-corrected chi connectivity index (χ1v) is 14.3. The van der Waals surface area contributed by atoms with E-state index < -0.39 is 5.82 Å². The predicted molar refractivity (Wildman–Crippen MR) is 170 cm³/mol. The van der Waals surface area contributed by atoms with E-state index >= 15 is 0 Å². The van der Waals surface area contributed by atoms with Crippen LogP contribution >= 0.6 is 0 Å². The summed E-state index contributed by atoms with van der Waals surface area (Å²) in [5, 5.41) is 3.72. The number of amides is 1. The molecular formula is C35H36FN3O4. The van der Waals surface area contributed by atoms with Crippen molar-refractivity contribution in [2.45, 2.75) is 32.7 Å². The number of aromatic nitrogens is 1. The maximum absolute atomic E-state index is 14.4. The van der Waals surface area contributed by atoms with Crippen LogP contribution in [0.5, 0.6) is 11.5 Å². The van der Waals surface area contributed by atoms with Crippen LogP contribution in [0, 0.1) is 12.7 Å². The molecule has 0 unspecified atom stereocenters. The number of hydrogen-bond acceptors (Lipinski definition) is 5. The minimum Gasteiger partial charge on any atom is -0.493 e. The van der Waals surface area contributed by atoms with Gasteiger partial charge in [0.2, 0.25) is 5.91 Å². The van der Waals surface area contributed by atoms with Gasteiger partial charge in [-0.05, 0) is 92.0 Å². The van der Waals surface area contributed by atoms with E-state index in [4.69, 9.17) is 9.47 Å². The zero-order valence-corrected chi connectivity index (χ0v) is 24.9. The third-order valence-electron chi connectivity index (χ3n) is 7.73. The number of rotatable bonds is 11. The molecule has 0 spiro atoms. The molecule has 0 radical (unpaired) electrons. The summed E-state index contributed by atoms with van der Waals surface area (Å²) >= 11 is 0. The summed E-state index contributed by atoms with van der Waals surface area (Å²) in [5.74, 6) is 0.733. The third kappa shape index (κ3) is 6.70. The lowest BCUT2D eigenvalue weighted by atomic mass is 10.0. The summed E-state index contributed by atoms with van der Waals surface area (Å²) in [6.45, 7) is 3.71. The molecule has 8 heteroatoms. The second-order valence-corrected chi connectivity index (χ2v) is 10.9. The van der Waals surface area contributed by atoms with Crippen LogP contribution < -0.4 is 20.2 Å². The molecule has 1 heterocycles. The van der Waals surface area contributed by atoms with Gasteiger partial charge in [0, 0.05) is 23.0 Å². The highest BCUT2D eigenvalue weighted by Gasteiger charge is 2.14. The first kappa shape index (κ1) is 29.8. The molecule has 1 amide bonds. The van der Waals surface area contributed by atoms with E-state index in [-0.39, 0.29) is 28.7 Å². The van der Waals surface area contributed by atoms with Crippen LogP contribution in [0.3, 0.4) is 0 Å². The van der Waals surface area contributed by atoms with Crippen molar-refractivity contribution in [3.8, 4) is 11.5 Å². The number of pyridine rings is 1. The fourth-order valence-electron chi connectivity index (χ4n) is 5.51. The average Bonchev–Trinajstić information content (AvgIpc) is 2.99. The number of ether oxygens (including phenoxy) is 2. The molecule has 43 heavy (non-hydrogen) atoms. The van der Waals surface area contributed by atoms with Gasteiger partial charge in [-0.15, -0.1) is 0 Å². The molecule has 0 fully saturated rings. The molecule has 7 nitrogen and oxygen atoms in total. The fraction of sp³-hybridized carbons (Fsp3) is 0.257. The van der Waals surface area contributed by atoms with Crippen LogP contribution in [0.15, 0.2) is 77.6 Å². The maximum Gasteiger partial charge on any atom is 0.228 e. The number of para-hydroxylation sites is 2. The molecule has 0 aliphatic heterocycles. The lowest BCUT2D eigenvalue weighted by Crippen LogP contribution is -2.19. The van der Waals surface area contributed by atoms with Crippen LogP contribution in [-0.4, -0.2) is 43.6 Å². The molecule has 0 bridgehead atoms. The molecular weight excluding hydrogens is 545 g/mol. The lowest BCUT2D eigenvalue weighted by molar-refractivity contribution is -0.115. The normalized spacial score (nSPS) is 11.3. The Labute approximate surface area is 250 Å². The molecule has 0 saturated carbocycles. The minimum atomic E-state index is -0.504. The molecule has 5 rings (SSSR count). The van der Waals surface area contributed by atoms with Gasteiger partial charge in [0.1, 0.15) is 5.82 Å². The Bertz CT molecular complexity index is 1850. The van der Waals surface area contributed by atoms with Crippen LogP contribution in [0.2, 0.25) is 0 Å². The van der Waals surface area contributed by atoms with Crippen molar-refractivity contribution in [3.63, 3.8) is 0 Å². The molecule has 0 saturated heterocycles. The van der Waals surface area contributed by atoms with Gasteiger partial charge in [0.25, 0.3) is 0 Å². The number of fused-ring (bicyclic) bond motifs is 2. The number of benzene rings is 4. The number of nitrogens with zero attached hydrogens (tertiary/aromatic N) is 1. The number of H-pyrrole nitrogens is 1. The number of hydrogen-bond donors (Lipinski definition) is 2. The highest BCUT2D eigenvalue weighted by molar-refractivity contribution is 5.98. The number of aryl methyl sites for hydroxylation is 2. The molecule has 5 aromatic rings. The van der Waals surface area contributed by atoms with Crippen molar-refractivity contribution in [1.82, 2.24) is 9.88 Å². The number of carbonyl (C=O) groups is 1. The summed E-state index contributed by atoms with van der Waals surface area (Å²) in [5.41, 5.74) is 5.07. The first-order valence-electron chi connectivity index (χ1n) is 14.3. The smallest absolute Gasteiger partial charge is 0.228 e. The summed E-state index contributed by atoms with van der Waals surface area (Å²) in [4.78, 5) is 31.4. The Morgan fingerprint density at radius 1 is 0.907 bits per heavy atom. The Morgan fingerprint density at radius 2 is 1.63 bits per heavy atom. The highest BCUT2D eigenvalue weighted by Crippen LogP contribution is 2.28. The number of carbonyl (C=O) groups excluding carboxylic acids is 1. The summed E-state index contributed by atoms with van der Waals surface area (Å²) in [6, 6.07) is 21.7. The van der Waals surface area contributed by atoms with Crippen LogP contribution in [-0.2, 0) is 24.2 Å². The van der Waals surface area contributed by atoms with Crippen molar-refractivity contribution in [1.29, 1.82) is 0 Å². The van der Waals surface area contributed by atoms with Gasteiger partial charge in [0.15, 0.2) is 16.9 Å². The molecule has 0 atom stereocenters. The highest BCUT2D eigenvalue weighted by atomic mass is 19.1. The monoisotopic (exact) mass is 581 g/mol. The van der Waals surface area contributed by atoms with Gasteiger partial charge in [-0.3, -0.25) is 9.59 Å². The van der Waals surface area contributed by atoms with E-state index in [2.05, 4.69) is 34.4 Å².